The predicted molar refractivity (Wildman–Crippen MR) is 68.9 cm³/mol. The van der Waals surface area contributed by atoms with E-state index in [1.165, 1.54) is 17.7 Å². The van der Waals surface area contributed by atoms with E-state index in [9.17, 15) is 0 Å². The van der Waals surface area contributed by atoms with Gasteiger partial charge >= 0.3 is 0 Å². The van der Waals surface area contributed by atoms with Crippen molar-refractivity contribution in [3.8, 4) is 6.07 Å². The minimum atomic E-state index is 0.475. The molecule has 3 nitrogen and oxygen atoms in total. The van der Waals surface area contributed by atoms with E-state index < -0.39 is 0 Å². The van der Waals surface area contributed by atoms with Gasteiger partial charge in [0.1, 0.15) is 10.9 Å². The summed E-state index contributed by atoms with van der Waals surface area (Å²) in [6.07, 6.45) is 2.43. The van der Waals surface area contributed by atoms with Crippen molar-refractivity contribution >= 4 is 11.3 Å². The average molecular weight is 250 g/mol. The van der Waals surface area contributed by atoms with E-state index in [4.69, 9.17) is 10.00 Å². The van der Waals surface area contributed by atoms with Crippen LogP contribution >= 0.6 is 11.3 Å². The first-order chi connectivity index (χ1) is 8.29. The molecule has 0 amide bonds. The quantitative estimate of drug-likeness (QED) is 0.893. The van der Waals surface area contributed by atoms with E-state index in [1.807, 2.05) is 12.1 Å². The van der Waals surface area contributed by atoms with Crippen LogP contribution in [0.25, 0.3) is 0 Å². The van der Waals surface area contributed by atoms with Crippen molar-refractivity contribution in [2.75, 3.05) is 13.2 Å². The summed E-state index contributed by atoms with van der Waals surface area (Å²) in [5.74, 6) is 0.624. The van der Waals surface area contributed by atoms with Crippen molar-refractivity contribution in [3.05, 3.63) is 21.9 Å². The molecule has 1 aromatic rings. The van der Waals surface area contributed by atoms with Gasteiger partial charge in [0, 0.05) is 24.1 Å². The average Bonchev–Trinajstić information content (AvgIpc) is 2.85. The topological polar surface area (TPSA) is 45.0 Å². The minimum Gasteiger partial charge on any atom is -0.381 e. The molecule has 1 aliphatic rings. The van der Waals surface area contributed by atoms with Crippen LogP contribution in [0.1, 0.15) is 29.5 Å². The van der Waals surface area contributed by atoms with Gasteiger partial charge in [-0.2, -0.15) is 5.26 Å². The molecule has 2 unspecified atom stereocenters. The van der Waals surface area contributed by atoms with Crippen LogP contribution < -0.4 is 5.32 Å². The van der Waals surface area contributed by atoms with E-state index in [1.54, 1.807) is 11.3 Å². The Morgan fingerprint density at radius 1 is 1.65 bits per heavy atom. The molecule has 1 fully saturated rings. The van der Waals surface area contributed by atoms with Crippen LogP contribution in [0.15, 0.2) is 12.1 Å². The molecule has 1 aromatic heterocycles. The van der Waals surface area contributed by atoms with Crippen molar-refractivity contribution in [1.29, 1.82) is 5.26 Å². The van der Waals surface area contributed by atoms with E-state index in [0.29, 0.717) is 12.0 Å². The highest BCUT2D eigenvalue weighted by molar-refractivity contribution is 7.12. The maximum atomic E-state index is 8.76. The number of hydrogen-bond acceptors (Lipinski definition) is 4. The third-order valence-corrected chi connectivity index (χ3v) is 4.26. The molecular weight excluding hydrogens is 232 g/mol. The standard InChI is InChI=1S/C13H18N2OS/c1-10(11-3-2-6-16-9-11)15-8-13-5-4-12(7-14)17-13/h4-5,10-11,15H,2-3,6,8-9H2,1H3. The predicted octanol–water partition coefficient (Wildman–Crippen LogP) is 2.52. The molecule has 1 saturated heterocycles. The third kappa shape index (κ3) is 3.53. The van der Waals surface area contributed by atoms with Crippen LogP contribution in [-0.2, 0) is 11.3 Å². The molecule has 17 heavy (non-hydrogen) atoms. The van der Waals surface area contributed by atoms with Crippen molar-refractivity contribution in [2.24, 2.45) is 5.92 Å². The molecule has 2 heterocycles. The largest absolute Gasteiger partial charge is 0.381 e. The Hall–Kier alpha value is -0.890. The van der Waals surface area contributed by atoms with Gasteiger partial charge in [-0.25, -0.2) is 0 Å². The van der Waals surface area contributed by atoms with E-state index in [0.717, 1.165) is 24.6 Å². The molecule has 0 saturated carbocycles. The number of thiophene rings is 1. The normalized spacial score (nSPS) is 22.0. The van der Waals surface area contributed by atoms with Crippen LogP contribution in [0.5, 0.6) is 0 Å². The molecule has 0 spiro atoms. The van der Waals surface area contributed by atoms with Crippen molar-refractivity contribution in [1.82, 2.24) is 5.32 Å². The summed E-state index contributed by atoms with van der Waals surface area (Å²) in [7, 11) is 0. The molecule has 4 heteroatoms. The first kappa shape index (κ1) is 12.6. The Morgan fingerprint density at radius 3 is 3.18 bits per heavy atom. The summed E-state index contributed by atoms with van der Waals surface area (Å²) in [6, 6.07) is 6.56. The molecule has 0 bridgehead atoms. The molecule has 0 aliphatic carbocycles. The summed E-state index contributed by atoms with van der Waals surface area (Å²) in [4.78, 5) is 2.01. The first-order valence-corrected chi connectivity index (χ1v) is 6.91. The zero-order valence-electron chi connectivity index (χ0n) is 10.1. The van der Waals surface area contributed by atoms with Gasteiger partial charge in [-0.3, -0.25) is 0 Å². The fourth-order valence-electron chi connectivity index (χ4n) is 2.12. The fraction of sp³-hybridized carbons (Fsp3) is 0.615. The Morgan fingerprint density at radius 2 is 2.53 bits per heavy atom. The van der Waals surface area contributed by atoms with E-state index >= 15 is 0 Å². The number of rotatable bonds is 4. The van der Waals surface area contributed by atoms with Crippen LogP contribution in [0.2, 0.25) is 0 Å². The maximum absolute atomic E-state index is 8.76. The third-order valence-electron chi connectivity index (χ3n) is 3.27. The molecule has 1 N–H and O–H groups in total. The molecule has 0 aromatic carbocycles. The molecule has 0 radical (unpaired) electrons. The Kier molecular flexibility index (Phi) is 4.55. The lowest BCUT2D eigenvalue weighted by molar-refractivity contribution is 0.0418. The number of nitrogens with one attached hydrogen (secondary N) is 1. The summed E-state index contributed by atoms with van der Waals surface area (Å²) in [5, 5.41) is 12.3. The molecule has 1 aliphatic heterocycles. The lowest BCUT2D eigenvalue weighted by Crippen LogP contribution is -2.37. The van der Waals surface area contributed by atoms with Crippen LogP contribution in [0, 0.1) is 17.2 Å². The second kappa shape index (κ2) is 6.15. The lowest BCUT2D eigenvalue weighted by atomic mass is 9.95. The summed E-state index contributed by atoms with van der Waals surface area (Å²) in [6.45, 7) is 4.86. The van der Waals surface area contributed by atoms with Gasteiger partial charge in [-0.15, -0.1) is 11.3 Å². The SMILES string of the molecule is CC(NCc1ccc(C#N)s1)C1CCCOC1. The Labute approximate surface area is 106 Å². The van der Waals surface area contributed by atoms with Crippen molar-refractivity contribution in [2.45, 2.75) is 32.4 Å². The number of nitrogens with zero attached hydrogens (tertiary/aromatic N) is 1. The highest BCUT2D eigenvalue weighted by Gasteiger charge is 2.20. The van der Waals surface area contributed by atoms with Crippen molar-refractivity contribution in [3.63, 3.8) is 0 Å². The number of hydrogen-bond donors (Lipinski definition) is 1. The lowest BCUT2D eigenvalue weighted by Gasteiger charge is -2.28. The van der Waals surface area contributed by atoms with Gasteiger partial charge in [0.2, 0.25) is 0 Å². The van der Waals surface area contributed by atoms with Gasteiger partial charge in [-0.05, 0) is 37.8 Å². The number of nitriles is 1. The van der Waals surface area contributed by atoms with Gasteiger partial charge in [0.15, 0.2) is 0 Å². The monoisotopic (exact) mass is 250 g/mol. The van der Waals surface area contributed by atoms with Crippen LogP contribution in [0.4, 0.5) is 0 Å². The molecule has 2 rings (SSSR count). The number of ether oxygens (including phenoxy) is 1. The Bertz CT molecular complexity index is 390. The second-order valence-corrected chi connectivity index (χ2v) is 5.69. The van der Waals surface area contributed by atoms with Crippen LogP contribution in [-0.4, -0.2) is 19.3 Å². The smallest absolute Gasteiger partial charge is 0.110 e. The highest BCUT2D eigenvalue weighted by Crippen LogP contribution is 2.19. The fourth-order valence-corrected chi connectivity index (χ4v) is 2.88. The minimum absolute atomic E-state index is 0.475. The second-order valence-electron chi connectivity index (χ2n) is 4.52. The first-order valence-electron chi connectivity index (χ1n) is 6.09. The van der Waals surface area contributed by atoms with Crippen LogP contribution in [0.3, 0.4) is 0 Å². The van der Waals surface area contributed by atoms with E-state index in [-0.39, 0.29) is 0 Å². The summed E-state index contributed by atoms with van der Waals surface area (Å²) < 4.78 is 5.50. The molecule has 92 valence electrons. The van der Waals surface area contributed by atoms with Gasteiger partial charge in [-0.1, -0.05) is 0 Å². The zero-order valence-corrected chi connectivity index (χ0v) is 10.9. The zero-order chi connectivity index (χ0) is 12.1. The maximum Gasteiger partial charge on any atom is 0.110 e. The summed E-state index contributed by atoms with van der Waals surface area (Å²) >= 11 is 1.57. The summed E-state index contributed by atoms with van der Waals surface area (Å²) in [5.41, 5.74) is 0. The van der Waals surface area contributed by atoms with Crippen molar-refractivity contribution < 1.29 is 4.74 Å². The van der Waals surface area contributed by atoms with E-state index in [2.05, 4.69) is 18.3 Å². The van der Waals surface area contributed by atoms with Gasteiger partial charge in [0.05, 0.1) is 6.61 Å². The highest BCUT2D eigenvalue weighted by atomic mass is 32.1. The van der Waals surface area contributed by atoms with Gasteiger partial charge < -0.3 is 10.1 Å². The Balaban J connectivity index is 1.79. The molecule has 2 atom stereocenters. The molecular formula is C13H18N2OS. The van der Waals surface area contributed by atoms with Gasteiger partial charge in [0.25, 0.3) is 0 Å².